The first kappa shape index (κ1) is 18.9. The summed E-state index contributed by atoms with van der Waals surface area (Å²) >= 11 is 1.44. The van der Waals surface area contributed by atoms with Crippen LogP contribution in [0.4, 0.5) is 16.0 Å². The Morgan fingerprint density at radius 1 is 1.21 bits per heavy atom. The maximum Gasteiger partial charge on any atom is 0.229 e. The van der Waals surface area contributed by atoms with E-state index in [4.69, 9.17) is 0 Å². The molecule has 148 valence electrons. The fourth-order valence-electron chi connectivity index (χ4n) is 3.85. The number of carbonyl (C=O) groups is 2. The molecule has 0 unspecified atom stereocenters. The molecule has 8 heteroatoms. The van der Waals surface area contributed by atoms with E-state index in [0.717, 1.165) is 55.2 Å². The van der Waals surface area contributed by atoms with Gasteiger partial charge in [0, 0.05) is 31.7 Å². The standard InChI is InChI=1S/C20H25N5O2S/c1-2-14-7-3-4-9-16(14)21-18(27)15-8-5-11-24(13-15)19-22-23-20(28-19)25-12-6-10-17(25)26/h3-4,7,9,15H,2,5-6,8,10-13H2,1H3,(H,21,27)/t15-/m0/s1. The second-order valence-electron chi connectivity index (χ2n) is 7.30. The Kier molecular flexibility index (Phi) is 5.57. The summed E-state index contributed by atoms with van der Waals surface area (Å²) in [4.78, 5) is 28.6. The Morgan fingerprint density at radius 2 is 2.04 bits per heavy atom. The molecule has 2 aliphatic rings. The molecule has 4 rings (SSSR count). The van der Waals surface area contributed by atoms with E-state index >= 15 is 0 Å². The topological polar surface area (TPSA) is 78.4 Å². The van der Waals surface area contributed by atoms with E-state index in [9.17, 15) is 9.59 Å². The molecule has 2 aliphatic heterocycles. The number of amides is 2. The predicted octanol–water partition coefficient (Wildman–Crippen LogP) is 3.08. The summed E-state index contributed by atoms with van der Waals surface area (Å²) in [5, 5.41) is 13.1. The van der Waals surface area contributed by atoms with E-state index < -0.39 is 0 Å². The van der Waals surface area contributed by atoms with Gasteiger partial charge in [-0.3, -0.25) is 14.5 Å². The SMILES string of the molecule is CCc1ccccc1NC(=O)[C@H]1CCCN(c2nnc(N3CCCC3=O)s2)C1. The molecule has 0 aliphatic carbocycles. The van der Waals surface area contributed by atoms with Gasteiger partial charge in [-0.05, 0) is 37.3 Å². The molecule has 2 fully saturated rings. The van der Waals surface area contributed by atoms with Crippen molar-refractivity contribution in [2.75, 3.05) is 34.8 Å². The highest BCUT2D eigenvalue weighted by molar-refractivity contribution is 7.19. The lowest BCUT2D eigenvalue weighted by molar-refractivity contribution is -0.120. The van der Waals surface area contributed by atoms with Crippen molar-refractivity contribution < 1.29 is 9.59 Å². The van der Waals surface area contributed by atoms with E-state index in [0.29, 0.717) is 18.1 Å². The van der Waals surface area contributed by atoms with Crippen molar-refractivity contribution in [1.29, 1.82) is 0 Å². The van der Waals surface area contributed by atoms with Crippen molar-refractivity contribution in [3.63, 3.8) is 0 Å². The van der Waals surface area contributed by atoms with Gasteiger partial charge in [-0.1, -0.05) is 36.5 Å². The summed E-state index contributed by atoms with van der Waals surface area (Å²) in [6.45, 7) is 4.29. The van der Waals surface area contributed by atoms with Crippen molar-refractivity contribution in [2.45, 2.75) is 39.0 Å². The molecule has 1 aromatic carbocycles. The molecule has 1 N–H and O–H groups in total. The van der Waals surface area contributed by atoms with Crippen LogP contribution >= 0.6 is 11.3 Å². The maximum absolute atomic E-state index is 12.8. The number of rotatable bonds is 5. The van der Waals surface area contributed by atoms with E-state index in [2.05, 4.69) is 27.3 Å². The predicted molar refractivity (Wildman–Crippen MR) is 111 cm³/mol. The van der Waals surface area contributed by atoms with E-state index in [1.54, 1.807) is 4.90 Å². The van der Waals surface area contributed by atoms with Crippen LogP contribution in [0.25, 0.3) is 0 Å². The summed E-state index contributed by atoms with van der Waals surface area (Å²) in [5.74, 6) is 0.0951. The number of carbonyl (C=O) groups excluding carboxylic acids is 2. The van der Waals surface area contributed by atoms with Gasteiger partial charge in [-0.2, -0.15) is 0 Å². The first-order valence-electron chi connectivity index (χ1n) is 9.93. The van der Waals surface area contributed by atoms with Gasteiger partial charge < -0.3 is 10.2 Å². The van der Waals surface area contributed by atoms with Gasteiger partial charge in [-0.25, -0.2) is 0 Å². The number of aromatic nitrogens is 2. The molecule has 1 atom stereocenters. The molecule has 0 saturated carbocycles. The Bertz CT molecular complexity index is 868. The molecule has 3 heterocycles. The lowest BCUT2D eigenvalue weighted by Gasteiger charge is -2.31. The zero-order valence-electron chi connectivity index (χ0n) is 16.1. The summed E-state index contributed by atoms with van der Waals surface area (Å²) in [5.41, 5.74) is 2.05. The van der Waals surface area contributed by atoms with E-state index in [1.165, 1.54) is 11.3 Å². The van der Waals surface area contributed by atoms with Gasteiger partial charge in [0.1, 0.15) is 0 Å². The van der Waals surface area contributed by atoms with Crippen LogP contribution < -0.4 is 15.1 Å². The molecule has 1 aromatic heterocycles. The molecule has 2 aromatic rings. The maximum atomic E-state index is 12.8. The number of anilines is 3. The van der Waals surface area contributed by atoms with Crippen molar-refractivity contribution in [3.05, 3.63) is 29.8 Å². The molecular weight excluding hydrogens is 374 g/mol. The number of para-hydroxylation sites is 1. The van der Waals surface area contributed by atoms with Crippen LogP contribution in [0.2, 0.25) is 0 Å². The fourth-order valence-corrected chi connectivity index (χ4v) is 4.77. The normalized spacial score (nSPS) is 19.9. The molecule has 28 heavy (non-hydrogen) atoms. The Labute approximate surface area is 168 Å². The van der Waals surface area contributed by atoms with Crippen molar-refractivity contribution in [2.24, 2.45) is 5.92 Å². The smallest absolute Gasteiger partial charge is 0.229 e. The molecular formula is C20H25N5O2S. The molecule has 0 spiro atoms. The molecule has 2 amide bonds. The highest BCUT2D eigenvalue weighted by Gasteiger charge is 2.30. The average molecular weight is 400 g/mol. The number of nitrogens with zero attached hydrogens (tertiary/aromatic N) is 4. The van der Waals surface area contributed by atoms with E-state index in [1.807, 2.05) is 24.3 Å². The Hall–Kier alpha value is -2.48. The van der Waals surface area contributed by atoms with Crippen LogP contribution in [0.3, 0.4) is 0 Å². The van der Waals surface area contributed by atoms with Gasteiger partial charge in [0.25, 0.3) is 0 Å². The molecule has 0 radical (unpaired) electrons. The van der Waals surface area contributed by atoms with Crippen LogP contribution in [0, 0.1) is 5.92 Å². The second-order valence-corrected chi connectivity index (χ2v) is 8.24. The Morgan fingerprint density at radius 3 is 2.82 bits per heavy atom. The van der Waals surface area contributed by atoms with Gasteiger partial charge in [0.2, 0.25) is 22.1 Å². The summed E-state index contributed by atoms with van der Waals surface area (Å²) in [6.07, 6.45) is 4.15. The number of nitrogens with one attached hydrogen (secondary N) is 1. The van der Waals surface area contributed by atoms with Crippen LogP contribution in [0.15, 0.2) is 24.3 Å². The first-order chi connectivity index (χ1) is 13.7. The monoisotopic (exact) mass is 399 g/mol. The first-order valence-corrected chi connectivity index (χ1v) is 10.7. The van der Waals surface area contributed by atoms with Crippen molar-refractivity contribution in [3.8, 4) is 0 Å². The van der Waals surface area contributed by atoms with Gasteiger partial charge >= 0.3 is 0 Å². The molecule has 0 bridgehead atoms. The van der Waals surface area contributed by atoms with E-state index in [-0.39, 0.29) is 17.7 Å². The van der Waals surface area contributed by atoms with Crippen LogP contribution in [-0.2, 0) is 16.0 Å². The fraction of sp³-hybridized carbons (Fsp3) is 0.500. The quantitative estimate of drug-likeness (QED) is 0.836. The van der Waals surface area contributed by atoms with Gasteiger partial charge in [-0.15, -0.1) is 10.2 Å². The average Bonchev–Trinajstić information content (AvgIpc) is 3.37. The summed E-state index contributed by atoms with van der Waals surface area (Å²) < 4.78 is 0. The number of benzene rings is 1. The van der Waals surface area contributed by atoms with Gasteiger partial charge in [0.15, 0.2) is 0 Å². The third-order valence-corrected chi connectivity index (χ3v) is 6.43. The minimum absolute atomic E-state index is 0.0602. The lowest BCUT2D eigenvalue weighted by Crippen LogP contribution is -2.40. The zero-order valence-corrected chi connectivity index (χ0v) is 16.9. The number of hydrogen-bond donors (Lipinski definition) is 1. The van der Waals surface area contributed by atoms with Crippen molar-refractivity contribution in [1.82, 2.24) is 10.2 Å². The largest absolute Gasteiger partial charge is 0.346 e. The second kappa shape index (κ2) is 8.26. The highest BCUT2D eigenvalue weighted by Crippen LogP contribution is 2.32. The van der Waals surface area contributed by atoms with Crippen LogP contribution in [0.1, 0.15) is 38.2 Å². The number of aryl methyl sites for hydroxylation is 1. The summed E-state index contributed by atoms with van der Waals surface area (Å²) in [7, 11) is 0. The minimum atomic E-state index is -0.0839. The third-order valence-electron chi connectivity index (χ3n) is 5.43. The number of hydrogen-bond acceptors (Lipinski definition) is 6. The minimum Gasteiger partial charge on any atom is -0.346 e. The summed E-state index contributed by atoms with van der Waals surface area (Å²) in [6, 6.07) is 7.95. The third kappa shape index (κ3) is 3.87. The Balaban J connectivity index is 1.42. The molecule has 2 saturated heterocycles. The number of piperidine rings is 1. The van der Waals surface area contributed by atoms with Crippen LogP contribution in [0.5, 0.6) is 0 Å². The van der Waals surface area contributed by atoms with Crippen molar-refractivity contribution >= 4 is 39.1 Å². The van der Waals surface area contributed by atoms with Gasteiger partial charge in [0.05, 0.1) is 5.92 Å². The zero-order chi connectivity index (χ0) is 19.5. The lowest BCUT2D eigenvalue weighted by atomic mass is 9.97. The highest BCUT2D eigenvalue weighted by atomic mass is 32.1. The molecule has 7 nitrogen and oxygen atoms in total. The van der Waals surface area contributed by atoms with Crippen LogP contribution in [-0.4, -0.2) is 41.6 Å².